The Balaban J connectivity index is 2.21. The normalized spacial score (nSPS) is 20.8. The van der Waals surface area contributed by atoms with Crippen LogP contribution in [0.1, 0.15) is 12.1 Å². The van der Waals surface area contributed by atoms with Crippen molar-refractivity contribution in [3.63, 3.8) is 0 Å². The zero-order valence-electron chi connectivity index (χ0n) is 12.4. The summed E-state index contributed by atoms with van der Waals surface area (Å²) in [7, 11) is 3.16. The van der Waals surface area contributed by atoms with Crippen LogP contribution < -0.4 is 20.9 Å². The standard InChI is InChI=1S/C15H17N5O2/c1-21-11-5-9-10(6-12(11)22-2)19-8-20-14(9)15(17)4-3-13(16)18-7-15/h3,5-8H,4,16-17H2,1-2H3. The molecule has 2 aromatic rings. The largest absolute Gasteiger partial charge is 0.493 e. The van der Waals surface area contributed by atoms with Gasteiger partial charge in [-0.15, -0.1) is 0 Å². The number of hydrogen-bond donors (Lipinski definition) is 2. The molecular weight excluding hydrogens is 282 g/mol. The summed E-state index contributed by atoms with van der Waals surface area (Å²) < 4.78 is 10.6. The highest BCUT2D eigenvalue weighted by Crippen LogP contribution is 2.35. The number of fused-ring (bicyclic) bond motifs is 1. The number of methoxy groups -OCH3 is 2. The van der Waals surface area contributed by atoms with Crippen LogP contribution in [0.3, 0.4) is 0 Å². The molecule has 1 aliphatic heterocycles. The molecule has 1 aromatic carbocycles. The van der Waals surface area contributed by atoms with E-state index in [9.17, 15) is 0 Å². The number of rotatable bonds is 3. The SMILES string of the molecule is COc1cc2ncnc(C3(N)C=NC(N)=CC3)c2cc1OC. The minimum Gasteiger partial charge on any atom is -0.493 e. The van der Waals surface area contributed by atoms with Crippen LogP contribution in [0.4, 0.5) is 0 Å². The number of ether oxygens (including phenoxy) is 2. The first kappa shape index (κ1) is 14.3. The minimum atomic E-state index is -0.830. The van der Waals surface area contributed by atoms with Gasteiger partial charge >= 0.3 is 0 Å². The first-order valence-corrected chi connectivity index (χ1v) is 6.74. The van der Waals surface area contributed by atoms with Crippen LogP contribution in [0.15, 0.2) is 35.3 Å². The molecule has 4 N–H and O–H groups in total. The highest BCUT2D eigenvalue weighted by atomic mass is 16.5. The van der Waals surface area contributed by atoms with Crippen molar-refractivity contribution in [1.82, 2.24) is 9.97 Å². The van der Waals surface area contributed by atoms with E-state index in [1.54, 1.807) is 32.6 Å². The van der Waals surface area contributed by atoms with E-state index in [-0.39, 0.29) is 0 Å². The number of hydrogen-bond acceptors (Lipinski definition) is 7. The smallest absolute Gasteiger partial charge is 0.162 e. The van der Waals surface area contributed by atoms with Gasteiger partial charge in [-0.3, -0.25) is 0 Å². The third-order valence-corrected chi connectivity index (χ3v) is 3.67. The van der Waals surface area contributed by atoms with Crippen LogP contribution in [-0.2, 0) is 5.54 Å². The molecule has 1 aromatic heterocycles. The molecule has 0 spiro atoms. The molecule has 0 bridgehead atoms. The van der Waals surface area contributed by atoms with E-state index in [4.69, 9.17) is 20.9 Å². The molecule has 114 valence electrons. The van der Waals surface area contributed by atoms with Gasteiger partial charge in [-0.2, -0.15) is 0 Å². The summed E-state index contributed by atoms with van der Waals surface area (Å²) in [5, 5.41) is 0.794. The summed E-state index contributed by atoms with van der Waals surface area (Å²) in [5.74, 6) is 1.66. The average Bonchev–Trinajstić information content (AvgIpc) is 2.55. The number of nitrogens with zero attached hydrogens (tertiary/aromatic N) is 3. The van der Waals surface area contributed by atoms with Gasteiger partial charge in [0.2, 0.25) is 0 Å². The van der Waals surface area contributed by atoms with Gasteiger partial charge in [0.25, 0.3) is 0 Å². The van der Waals surface area contributed by atoms with E-state index in [2.05, 4.69) is 15.0 Å². The number of aliphatic imine (C=N–C) groups is 1. The predicted molar refractivity (Wildman–Crippen MR) is 83.9 cm³/mol. The quantitative estimate of drug-likeness (QED) is 0.877. The molecule has 0 fully saturated rings. The average molecular weight is 299 g/mol. The Morgan fingerprint density at radius 1 is 1.14 bits per heavy atom. The van der Waals surface area contributed by atoms with Gasteiger partial charge in [0.1, 0.15) is 12.1 Å². The summed E-state index contributed by atoms with van der Waals surface area (Å²) >= 11 is 0. The van der Waals surface area contributed by atoms with Gasteiger partial charge in [0.15, 0.2) is 11.5 Å². The first-order valence-electron chi connectivity index (χ1n) is 6.74. The molecule has 0 radical (unpaired) electrons. The van der Waals surface area contributed by atoms with Crippen molar-refractivity contribution in [3.05, 3.63) is 36.1 Å². The maximum Gasteiger partial charge on any atom is 0.162 e. The maximum atomic E-state index is 6.46. The van der Waals surface area contributed by atoms with E-state index < -0.39 is 5.54 Å². The van der Waals surface area contributed by atoms with E-state index in [0.29, 0.717) is 29.4 Å². The van der Waals surface area contributed by atoms with Gasteiger partial charge in [0.05, 0.1) is 31.0 Å². The highest BCUT2D eigenvalue weighted by molar-refractivity contribution is 5.89. The fourth-order valence-corrected chi connectivity index (χ4v) is 2.48. The number of nitrogens with two attached hydrogens (primary N) is 2. The van der Waals surface area contributed by atoms with Crippen LogP contribution in [0.2, 0.25) is 0 Å². The number of benzene rings is 1. The van der Waals surface area contributed by atoms with E-state index in [0.717, 1.165) is 10.9 Å². The molecule has 2 heterocycles. The zero-order valence-corrected chi connectivity index (χ0v) is 12.4. The summed E-state index contributed by atoms with van der Waals surface area (Å²) in [6.07, 6.45) is 5.41. The molecule has 1 unspecified atom stereocenters. The molecule has 22 heavy (non-hydrogen) atoms. The van der Waals surface area contributed by atoms with Crippen molar-refractivity contribution in [2.45, 2.75) is 12.0 Å². The lowest BCUT2D eigenvalue weighted by molar-refractivity contribution is 0.355. The Labute approximate surface area is 127 Å². The molecule has 1 aliphatic rings. The van der Waals surface area contributed by atoms with Gasteiger partial charge < -0.3 is 20.9 Å². The lowest BCUT2D eigenvalue weighted by Crippen LogP contribution is -2.40. The summed E-state index contributed by atoms with van der Waals surface area (Å²) in [6, 6.07) is 3.63. The van der Waals surface area contributed by atoms with Gasteiger partial charge in [-0.1, -0.05) is 0 Å². The van der Waals surface area contributed by atoms with Crippen LogP contribution in [0, 0.1) is 0 Å². The summed E-state index contributed by atoms with van der Waals surface area (Å²) in [6.45, 7) is 0. The van der Waals surface area contributed by atoms with Crippen LogP contribution in [0.25, 0.3) is 10.9 Å². The molecule has 0 saturated heterocycles. The molecular formula is C15H17N5O2. The van der Waals surface area contributed by atoms with E-state index >= 15 is 0 Å². The summed E-state index contributed by atoms with van der Waals surface area (Å²) in [5.41, 5.74) is 12.7. The summed E-state index contributed by atoms with van der Waals surface area (Å²) in [4.78, 5) is 12.8. The highest BCUT2D eigenvalue weighted by Gasteiger charge is 2.30. The second kappa shape index (κ2) is 5.27. The van der Waals surface area contributed by atoms with Crippen molar-refractivity contribution in [1.29, 1.82) is 0 Å². The zero-order chi connectivity index (χ0) is 15.7. The second-order valence-corrected chi connectivity index (χ2v) is 5.08. The van der Waals surface area contributed by atoms with Crippen molar-refractivity contribution >= 4 is 17.1 Å². The van der Waals surface area contributed by atoms with Crippen molar-refractivity contribution in [2.24, 2.45) is 16.5 Å². The van der Waals surface area contributed by atoms with Gasteiger partial charge in [-0.25, -0.2) is 15.0 Å². The Hall–Kier alpha value is -2.67. The third-order valence-electron chi connectivity index (χ3n) is 3.67. The Bertz CT molecular complexity index is 787. The lowest BCUT2D eigenvalue weighted by atomic mass is 9.89. The third kappa shape index (κ3) is 2.25. The van der Waals surface area contributed by atoms with Crippen molar-refractivity contribution < 1.29 is 9.47 Å². The maximum absolute atomic E-state index is 6.46. The van der Waals surface area contributed by atoms with Crippen LogP contribution in [-0.4, -0.2) is 30.4 Å². The van der Waals surface area contributed by atoms with E-state index in [1.807, 2.05) is 6.07 Å². The minimum absolute atomic E-state index is 0.457. The lowest BCUT2D eigenvalue weighted by Gasteiger charge is -2.26. The Kier molecular flexibility index (Phi) is 3.42. The van der Waals surface area contributed by atoms with Crippen molar-refractivity contribution in [2.75, 3.05) is 14.2 Å². The molecule has 3 rings (SSSR count). The Morgan fingerprint density at radius 3 is 2.50 bits per heavy atom. The fraction of sp³-hybridized carbons (Fsp3) is 0.267. The topological polar surface area (TPSA) is 109 Å². The van der Waals surface area contributed by atoms with Crippen LogP contribution in [0.5, 0.6) is 11.5 Å². The van der Waals surface area contributed by atoms with E-state index in [1.165, 1.54) is 6.33 Å². The van der Waals surface area contributed by atoms with Gasteiger partial charge in [0, 0.05) is 17.7 Å². The first-order chi connectivity index (χ1) is 10.6. The van der Waals surface area contributed by atoms with Crippen molar-refractivity contribution in [3.8, 4) is 11.5 Å². The molecule has 1 atom stereocenters. The molecule has 7 heteroatoms. The molecule has 0 amide bonds. The predicted octanol–water partition coefficient (Wildman–Crippen LogP) is 1.08. The fourth-order valence-electron chi connectivity index (χ4n) is 2.48. The molecule has 0 saturated carbocycles. The molecule has 0 aliphatic carbocycles. The molecule has 7 nitrogen and oxygen atoms in total. The van der Waals surface area contributed by atoms with Crippen LogP contribution >= 0.6 is 0 Å². The van der Waals surface area contributed by atoms with Gasteiger partial charge in [-0.05, 0) is 18.6 Å². The number of aromatic nitrogens is 2. The second-order valence-electron chi connectivity index (χ2n) is 5.08. The Morgan fingerprint density at radius 2 is 1.86 bits per heavy atom. The monoisotopic (exact) mass is 299 g/mol.